The standard InChI is InChI=1S/C26H30N6O2/c1-4-30-12-7-13-31(15-14-30)26-28-21-10-9-19(23-17(2)29-34-18(23)3)25-24(21)32(26)22(16-33-25)20-8-5-6-11-27-20/h5-6,8-11,22H,4,7,12-16H2,1-3H3/t22-/m1/s1. The molecular weight excluding hydrogens is 428 g/mol. The predicted octanol–water partition coefficient (Wildman–Crippen LogP) is 4.22. The molecule has 3 aromatic heterocycles. The Morgan fingerprint density at radius 2 is 1.97 bits per heavy atom. The van der Waals surface area contributed by atoms with Crippen molar-refractivity contribution in [2.75, 3.05) is 44.2 Å². The number of hydrogen-bond acceptors (Lipinski definition) is 7. The van der Waals surface area contributed by atoms with Crippen LogP contribution in [0.15, 0.2) is 41.1 Å². The zero-order chi connectivity index (χ0) is 23.2. The number of rotatable bonds is 4. The molecule has 0 bridgehead atoms. The maximum Gasteiger partial charge on any atom is 0.207 e. The minimum Gasteiger partial charge on any atom is -0.488 e. The van der Waals surface area contributed by atoms with Crippen molar-refractivity contribution in [3.8, 4) is 16.9 Å². The first-order valence-corrected chi connectivity index (χ1v) is 12.1. The van der Waals surface area contributed by atoms with Crippen molar-refractivity contribution in [1.82, 2.24) is 24.6 Å². The summed E-state index contributed by atoms with van der Waals surface area (Å²) in [5, 5.41) is 4.18. The largest absolute Gasteiger partial charge is 0.488 e. The van der Waals surface area contributed by atoms with Crippen molar-refractivity contribution in [2.24, 2.45) is 0 Å². The Morgan fingerprint density at radius 1 is 1.06 bits per heavy atom. The zero-order valence-corrected chi connectivity index (χ0v) is 20.0. The molecule has 0 unspecified atom stereocenters. The Bertz CT molecular complexity index is 1310. The Balaban J connectivity index is 1.56. The van der Waals surface area contributed by atoms with E-state index in [4.69, 9.17) is 19.2 Å². The summed E-state index contributed by atoms with van der Waals surface area (Å²) < 4.78 is 14.3. The fourth-order valence-corrected chi connectivity index (χ4v) is 5.39. The van der Waals surface area contributed by atoms with E-state index >= 15 is 0 Å². The molecule has 34 heavy (non-hydrogen) atoms. The number of benzene rings is 1. The van der Waals surface area contributed by atoms with Gasteiger partial charge in [0.2, 0.25) is 5.95 Å². The molecule has 4 aromatic rings. The van der Waals surface area contributed by atoms with Gasteiger partial charge in [0.1, 0.15) is 23.9 Å². The number of aryl methyl sites for hydroxylation is 2. The van der Waals surface area contributed by atoms with Crippen LogP contribution >= 0.6 is 0 Å². The van der Waals surface area contributed by atoms with Crippen molar-refractivity contribution in [3.63, 3.8) is 0 Å². The zero-order valence-electron chi connectivity index (χ0n) is 20.0. The highest BCUT2D eigenvalue weighted by atomic mass is 16.5. The van der Waals surface area contributed by atoms with Gasteiger partial charge in [-0.25, -0.2) is 4.98 Å². The van der Waals surface area contributed by atoms with Crippen LogP contribution in [0.25, 0.3) is 22.2 Å². The highest BCUT2D eigenvalue weighted by molar-refractivity contribution is 5.94. The number of hydrogen-bond donors (Lipinski definition) is 0. The van der Waals surface area contributed by atoms with Crippen LogP contribution in [-0.4, -0.2) is 63.9 Å². The third-order valence-electron chi connectivity index (χ3n) is 7.13. The molecule has 6 rings (SSSR count). The molecule has 1 saturated heterocycles. The second kappa shape index (κ2) is 8.43. The molecule has 1 atom stereocenters. The van der Waals surface area contributed by atoms with Crippen LogP contribution < -0.4 is 9.64 Å². The van der Waals surface area contributed by atoms with E-state index in [0.717, 1.165) is 90.2 Å². The lowest BCUT2D eigenvalue weighted by Gasteiger charge is -2.31. The molecule has 2 aliphatic heterocycles. The van der Waals surface area contributed by atoms with Gasteiger partial charge in [0.15, 0.2) is 5.75 Å². The van der Waals surface area contributed by atoms with Crippen LogP contribution in [0.4, 0.5) is 5.95 Å². The van der Waals surface area contributed by atoms with Gasteiger partial charge in [-0.1, -0.05) is 18.1 Å². The van der Waals surface area contributed by atoms with Crippen LogP contribution in [0.1, 0.15) is 36.5 Å². The number of imidazole rings is 1. The maximum absolute atomic E-state index is 6.49. The van der Waals surface area contributed by atoms with Gasteiger partial charge in [0, 0.05) is 31.4 Å². The quantitative estimate of drug-likeness (QED) is 0.453. The summed E-state index contributed by atoms with van der Waals surface area (Å²) in [6.45, 7) is 11.9. The molecule has 0 N–H and O–H groups in total. The van der Waals surface area contributed by atoms with Crippen molar-refractivity contribution in [3.05, 3.63) is 53.7 Å². The van der Waals surface area contributed by atoms with Gasteiger partial charge >= 0.3 is 0 Å². The molecule has 5 heterocycles. The molecule has 0 spiro atoms. The third-order valence-corrected chi connectivity index (χ3v) is 7.13. The molecular formula is C26H30N6O2. The molecule has 8 nitrogen and oxygen atoms in total. The van der Waals surface area contributed by atoms with E-state index in [-0.39, 0.29) is 6.04 Å². The second-order valence-corrected chi connectivity index (χ2v) is 9.15. The SMILES string of the molecule is CCN1CCCN(c2nc3ccc(-c4c(C)noc4C)c4c3n2[C@@H](c2ccccn2)CO4)CC1. The fraction of sp³-hybridized carbons (Fsp3) is 0.423. The maximum atomic E-state index is 6.49. The third kappa shape index (κ3) is 3.36. The van der Waals surface area contributed by atoms with E-state index < -0.39 is 0 Å². The lowest BCUT2D eigenvalue weighted by Crippen LogP contribution is -2.34. The summed E-state index contributed by atoms with van der Waals surface area (Å²) in [6.07, 6.45) is 2.98. The predicted molar refractivity (Wildman–Crippen MR) is 132 cm³/mol. The van der Waals surface area contributed by atoms with Crippen molar-refractivity contribution >= 4 is 17.0 Å². The number of nitrogens with zero attached hydrogens (tertiary/aromatic N) is 6. The van der Waals surface area contributed by atoms with E-state index in [9.17, 15) is 0 Å². The van der Waals surface area contributed by atoms with Gasteiger partial charge in [-0.15, -0.1) is 0 Å². The Morgan fingerprint density at radius 3 is 2.74 bits per heavy atom. The number of likely N-dealkylation sites (N-methyl/N-ethyl adjacent to an activating group) is 1. The summed E-state index contributed by atoms with van der Waals surface area (Å²) in [5.41, 5.74) is 5.81. The average molecular weight is 459 g/mol. The van der Waals surface area contributed by atoms with Gasteiger partial charge < -0.3 is 19.1 Å². The van der Waals surface area contributed by atoms with E-state index in [1.807, 2.05) is 32.2 Å². The molecule has 0 aliphatic carbocycles. The normalized spacial score (nSPS) is 18.8. The van der Waals surface area contributed by atoms with Crippen LogP contribution in [0.3, 0.4) is 0 Å². The van der Waals surface area contributed by atoms with Crippen LogP contribution in [-0.2, 0) is 0 Å². The highest BCUT2D eigenvalue weighted by Crippen LogP contribution is 2.45. The molecule has 0 amide bonds. The first-order chi connectivity index (χ1) is 16.7. The summed E-state index contributed by atoms with van der Waals surface area (Å²) in [5.74, 6) is 2.65. The Kier molecular flexibility index (Phi) is 5.25. The van der Waals surface area contributed by atoms with Gasteiger partial charge in [-0.05, 0) is 57.6 Å². The Labute approximate surface area is 199 Å². The van der Waals surface area contributed by atoms with Gasteiger partial charge in [-0.2, -0.15) is 0 Å². The molecule has 1 aromatic carbocycles. The van der Waals surface area contributed by atoms with Crippen LogP contribution in [0, 0.1) is 13.8 Å². The number of pyridine rings is 1. The molecule has 0 radical (unpaired) electrons. The smallest absolute Gasteiger partial charge is 0.207 e. The molecule has 0 saturated carbocycles. The first kappa shape index (κ1) is 21.2. The molecule has 1 fully saturated rings. The summed E-state index contributed by atoms with van der Waals surface area (Å²) in [4.78, 5) is 14.8. The highest BCUT2D eigenvalue weighted by Gasteiger charge is 2.33. The van der Waals surface area contributed by atoms with Gasteiger partial charge in [0.05, 0.1) is 22.5 Å². The lowest BCUT2D eigenvalue weighted by atomic mass is 10.0. The van der Waals surface area contributed by atoms with Crippen LogP contribution in [0.5, 0.6) is 5.75 Å². The average Bonchev–Trinajstić information content (AvgIpc) is 3.31. The van der Waals surface area contributed by atoms with Crippen LogP contribution in [0.2, 0.25) is 0 Å². The van der Waals surface area contributed by atoms with Crippen molar-refractivity contribution in [1.29, 1.82) is 0 Å². The molecule has 2 aliphatic rings. The Hall–Kier alpha value is -3.39. The topological polar surface area (TPSA) is 72.5 Å². The monoisotopic (exact) mass is 458 g/mol. The van der Waals surface area contributed by atoms with E-state index in [0.29, 0.717) is 6.61 Å². The number of ether oxygens (including phenoxy) is 1. The molecule has 8 heteroatoms. The van der Waals surface area contributed by atoms with Crippen molar-refractivity contribution < 1.29 is 9.26 Å². The first-order valence-electron chi connectivity index (χ1n) is 12.1. The summed E-state index contributed by atoms with van der Waals surface area (Å²) in [7, 11) is 0. The van der Waals surface area contributed by atoms with E-state index in [1.165, 1.54) is 0 Å². The summed E-state index contributed by atoms with van der Waals surface area (Å²) >= 11 is 0. The minimum absolute atomic E-state index is 0.0425. The van der Waals surface area contributed by atoms with Crippen molar-refractivity contribution in [2.45, 2.75) is 33.2 Å². The van der Waals surface area contributed by atoms with E-state index in [1.54, 1.807) is 0 Å². The minimum atomic E-state index is -0.0425. The second-order valence-electron chi connectivity index (χ2n) is 9.15. The van der Waals surface area contributed by atoms with Gasteiger partial charge in [-0.3, -0.25) is 9.55 Å². The van der Waals surface area contributed by atoms with Gasteiger partial charge in [0.25, 0.3) is 0 Å². The lowest BCUT2D eigenvalue weighted by molar-refractivity contribution is 0.257. The summed E-state index contributed by atoms with van der Waals surface area (Å²) in [6, 6.07) is 10.2. The number of anilines is 1. The molecule has 176 valence electrons. The van der Waals surface area contributed by atoms with E-state index in [2.05, 4.69) is 44.6 Å². The number of aromatic nitrogens is 4. The fourth-order valence-electron chi connectivity index (χ4n) is 5.39.